The summed E-state index contributed by atoms with van der Waals surface area (Å²) in [6.45, 7) is 0.433. The van der Waals surface area contributed by atoms with E-state index in [0.29, 0.717) is 23.2 Å². The highest BCUT2D eigenvalue weighted by Gasteiger charge is 2.26. The first-order valence-corrected chi connectivity index (χ1v) is 8.96. The fourth-order valence-corrected chi connectivity index (χ4v) is 4.28. The van der Waals surface area contributed by atoms with E-state index in [-0.39, 0.29) is 16.1 Å². The largest absolute Gasteiger partial charge is 0.492 e. The Labute approximate surface area is 141 Å². The van der Waals surface area contributed by atoms with Crippen molar-refractivity contribution in [2.45, 2.75) is 11.3 Å². The molecule has 1 heterocycles. The Morgan fingerprint density at radius 3 is 2.78 bits per heavy atom. The Hall–Kier alpha value is -2.06. The van der Waals surface area contributed by atoms with Gasteiger partial charge in [-0.3, -0.25) is 4.72 Å². The molecule has 0 spiro atoms. The fraction of sp³-hybridized carbons (Fsp3) is 0.133. The van der Waals surface area contributed by atoms with Crippen LogP contribution in [-0.4, -0.2) is 26.1 Å². The van der Waals surface area contributed by atoms with Crippen molar-refractivity contribution in [3.8, 4) is 5.75 Å². The van der Waals surface area contributed by atoms with Crippen molar-refractivity contribution in [3.05, 3.63) is 52.0 Å². The summed E-state index contributed by atoms with van der Waals surface area (Å²) in [4.78, 5) is 11.0. The molecule has 2 N–H and O–H groups in total. The number of nitrogens with one attached hydrogen (secondary N) is 1. The highest BCUT2D eigenvalue weighted by Crippen LogP contribution is 2.36. The number of anilines is 1. The maximum absolute atomic E-state index is 12.6. The number of carboxylic acids is 1. The zero-order valence-corrected chi connectivity index (χ0v) is 14.1. The molecule has 0 saturated heterocycles. The van der Waals surface area contributed by atoms with E-state index in [1.807, 2.05) is 6.07 Å². The summed E-state index contributed by atoms with van der Waals surface area (Å²) in [6, 6.07) is 8.91. The summed E-state index contributed by atoms with van der Waals surface area (Å²) in [5.74, 6) is -0.784. The van der Waals surface area contributed by atoms with Gasteiger partial charge in [-0.05, 0) is 30.3 Å². The van der Waals surface area contributed by atoms with Crippen molar-refractivity contribution in [2.24, 2.45) is 0 Å². The van der Waals surface area contributed by atoms with Crippen LogP contribution in [0.1, 0.15) is 15.9 Å². The molecular formula is C15H12BrNO5S. The van der Waals surface area contributed by atoms with Gasteiger partial charge < -0.3 is 9.84 Å². The lowest BCUT2D eigenvalue weighted by Crippen LogP contribution is -2.14. The van der Waals surface area contributed by atoms with Gasteiger partial charge in [0.1, 0.15) is 10.6 Å². The number of rotatable bonds is 4. The third-order valence-corrected chi connectivity index (χ3v) is 5.21. The SMILES string of the molecule is O=C(O)c1cccc(NS(=O)(=O)c2cc(Br)cc3c2OCC3)c1. The second-order valence-corrected chi connectivity index (χ2v) is 7.55. The topological polar surface area (TPSA) is 92.7 Å². The van der Waals surface area contributed by atoms with Crippen molar-refractivity contribution in [1.29, 1.82) is 0 Å². The van der Waals surface area contributed by atoms with Crippen LogP contribution < -0.4 is 9.46 Å². The van der Waals surface area contributed by atoms with Crippen molar-refractivity contribution >= 4 is 37.6 Å². The van der Waals surface area contributed by atoms with Crippen molar-refractivity contribution < 1.29 is 23.1 Å². The molecule has 2 aromatic rings. The Bertz CT molecular complexity index is 895. The van der Waals surface area contributed by atoms with E-state index in [1.54, 1.807) is 0 Å². The van der Waals surface area contributed by atoms with Crippen LogP contribution in [0.2, 0.25) is 0 Å². The summed E-state index contributed by atoms with van der Waals surface area (Å²) in [5.41, 5.74) is 0.997. The Balaban J connectivity index is 2.00. The van der Waals surface area contributed by atoms with Gasteiger partial charge in [0.15, 0.2) is 0 Å². The maximum atomic E-state index is 12.6. The van der Waals surface area contributed by atoms with Gasteiger partial charge in [-0.1, -0.05) is 22.0 Å². The predicted molar refractivity (Wildman–Crippen MR) is 87.6 cm³/mol. The molecule has 2 aromatic carbocycles. The molecule has 0 radical (unpaired) electrons. The highest BCUT2D eigenvalue weighted by atomic mass is 79.9. The second-order valence-electron chi connectivity index (χ2n) is 4.98. The molecule has 0 atom stereocenters. The van der Waals surface area contributed by atoms with E-state index in [2.05, 4.69) is 20.7 Å². The van der Waals surface area contributed by atoms with Crippen LogP contribution in [-0.2, 0) is 16.4 Å². The lowest BCUT2D eigenvalue weighted by atomic mass is 10.2. The van der Waals surface area contributed by atoms with Gasteiger partial charge in [0.05, 0.1) is 12.2 Å². The monoisotopic (exact) mass is 397 g/mol. The zero-order chi connectivity index (χ0) is 16.6. The molecule has 3 rings (SSSR count). The molecule has 8 heteroatoms. The van der Waals surface area contributed by atoms with E-state index in [9.17, 15) is 13.2 Å². The third kappa shape index (κ3) is 3.18. The molecule has 0 unspecified atom stereocenters. The summed E-state index contributed by atoms with van der Waals surface area (Å²) >= 11 is 3.30. The van der Waals surface area contributed by atoms with Crippen molar-refractivity contribution in [2.75, 3.05) is 11.3 Å². The minimum atomic E-state index is -3.90. The molecular weight excluding hydrogens is 386 g/mol. The number of aromatic carboxylic acids is 1. The number of carbonyl (C=O) groups is 1. The number of benzene rings is 2. The maximum Gasteiger partial charge on any atom is 0.335 e. The number of fused-ring (bicyclic) bond motifs is 1. The van der Waals surface area contributed by atoms with Crippen molar-refractivity contribution in [1.82, 2.24) is 0 Å². The number of halogens is 1. The fourth-order valence-electron chi connectivity index (χ4n) is 2.36. The normalized spacial score (nSPS) is 13.3. The average Bonchev–Trinajstić information content (AvgIpc) is 2.94. The van der Waals surface area contributed by atoms with Gasteiger partial charge in [0.25, 0.3) is 10.0 Å². The molecule has 0 aliphatic carbocycles. The first-order valence-electron chi connectivity index (χ1n) is 6.68. The molecule has 120 valence electrons. The van der Waals surface area contributed by atoms with Crippen LogP contribution in [0.25, 0.3) is 0 Å². The van der Waals surface area contributed by atoms with E-state index in [1.165, 1.54) is 30.3 Å². The summed E-state index contributed by atoms with van der Waals surface area (Å²) in [5, 5.41) is 8.98. The number of carboxylic acid groups (broad SMARTS) is 1. The van der Waals surface area contributed by atoms with E-state index < -0.39 is 16.0 Å². The van der Waals surface area contributed by atoms with Gasteiger partial charge in [0.2, 0.25) is 0 Å². The average molecular weight is 398 g/mol. The van der Waals surface area contributed by atoms with Crippen LogP contribution in [0.15, 0.2) is 45.8 Å². The molecule has 1 aliphatic heterocycles. The number of sulfonamides is 1. The first kappa shape index (κ1) is 15.8. The van der Waals surface area contributed by atoms with Crippen LogP contribution in [0, 0.1) is 0 Å². The molecule has 1 aliphatic rings. The standard InChI is InChI=1S/C15H12BrNO5S/c16-11-6-9-4-5-22-14(9)13(8-11)23(20,21)17-12-3-1-2-10(7-12)15(18)19/h1-3,6-8,17H,4-5H2,(H,18,19). The second kappa shape index (κ2) is 5.86. The van der Waals surface area contributed by atoms with E-state index in [0.717, 1.165) is 5.56 Å². The number of hydrogen-bond acceptors (Lipinski definition) is 4. The Morgan fingerprint density at radius 2 is 2.04 bits per heavy atom. The minimum absolute atomic E-state index is 0.000853. The molecule has 0 fully saturated rings. The first-order chi connectivity index (χ1) is 10.9. The molecule has 6 nitrogen and oxygen atoms in total. The van der Waals surface area contributed by atoms with Crippen LogP contribution in [0.3, 0.4) is 0 Å². The Morgan fingerprint density at radius 1 is 1.26 bits per heavy atom. The number of hydrogen-bond donors (Lipinski definition) is 2. The quantitative estimate of drug-likeness (QED) is 0.826. The van der Waals surface area contributed by atoms with Gasteiger partial charge in [-0.25, -0.2) is 13.2 Å². The van der Waals surface area contributed by atoms with Crippen LogP contribution in [0.5, 0.6) is 5.75 Å². The van der Waals surface area contributed by atoms with Gasteiger partial charge >= 0.3 is 5.97 Å². The van der Waals surface area contributed by atoms with E-state index >= 15 is 0 Å². The summed E-state index contributed by atoms with van der Waals surface area (Å²) in [6.07, 6.45) is 0.645. The molecule has 0 saturated carbocycles. The molecule has 0 amide bonds. The third-order valence-electron chi connectivity index (χ3n) is 3.37. The van der Waals surface area contributed by atoms with Gasteiger partial charge in [0, 0.05) is 22.1 Å². The predicted octanol–water partition coefficient (Wildman–Crippen LogP) is 2.88. The lowest BCUT2D eigenvalue weighted by Gasteiger charge is -2.12. The molecule has 0 aromatic heterocycles. The Kier molecular flexibility index (Phi) is 4.03. The lowest BCUT2D eigenvalue weighted by molar-refractivity contribution is 0.0697. The van der Waals surface area contributed by atoms with Crippen LogP contribution >= 0.6 is 15.9 Å². The smallest absolute Gasteiger partial charge is 0.335 e. The van der Waals surface area contributed by atoms with Crippen LogP contribution in [0.4, 0.5) is 5.69 Å². The summed E-state index contributed by atoms with van der Waals surface area (Å²) in [7, 11) is -3.90. The van der Waals surface area contributed by atoms with Gasteiger partial charge in [-0.2, -0.15) is 0 Å². The van der Waals surface area contributed by atoms with Gasteiger partial charge in [-0.15, -0.1) is 0 Å². The minimum Gasteiger partial charge on any atom is -0.492 e. The molecule has 23 heavy (non-hydrogen) atoms. The molecule has 0 bridgehead atoms. The zero-order valence-electron chi connectivity index (χ0n) is 11.7. The highest BCUT2D eigenvalue weighted by molar-refractivity contribution is 9.10. The number of ether oxygens (including phenoxy) is 1. The summed E-state index contributed by atoms with van der Waals surface area (Å²) < 4.78 is 33.7. The van der Waals surface area contributed by atoms with Crippen molar-refractivity contribution in [3.63, 3.8) is 0 Å². The van der Waals surface area contributed by atoms with E-state index in [4.69, 9.17) is 9.84 Å².